The normalized spacial score (nSPS) is 19.6. The quantitative estimate of drug-likeness (QED) is 0.626. The smallest absolute Gasteiger partial charge is 0.328 e. The van der Waals surface area contributed by atoms with Crippen molar-refractivity contribution in [1.29, 1.82) is 0 Å². The predicted molar refractivity (Wildman–Crippen MR) is 105 cm³/mol. The van der Waals surface area contributed by atoms with Crippen LogP contribution in [0.3, 0.4) is 0 Å². The van der Waals surface area contributed by atoms with Crippen LogP contribution in [0.5, 0.6) is 0 Å². The number of carboxylic acids is 1. The molecule has 0 spiro atoms. The van der Waals surface area contributed by atoms with Crippen LogP contribution in [-0.2, 0) is 25.5 Å². The van der Waals surface area contributed by atoms with E-state index >= 15 is 0 Å². The van der Waals surface area contributed by atoms with E-state index in [0.717, 1.165) is 18.4 Å². The van der Waals surface area contributed by atoms with E-state index in [4.69, 9.17) is 4.74 Å². The van der Waals surface area contributed by atoms with Crippen molar-refractivity contribution in [1.82, 2.24) is 10.2 Å². The maximum atomic E-state index is 13.0. The number of likely N-dealkylation sites (tertiary alicyclic amines) is 1. The highest BCUT2D eigenvalue weighted by Crippen LogP contribution is 2.17. The van der Waals surface area contributed by atoms with E-state index in [9.17, 15) is 19.5 Å². The van der Waals surface area contributed by atoms with Crippen molar-refractivity contribution < 1.29 is 24.2 Å². The molecule has 1 saturated heterocycles. The summed E-state index contributed by atoms with van der Waals surface area (Å²) in [6.45, 7) is 4.11. The Morgan fingerprint density at radius 2 is 2.00 bits per heavy atom. The number of aryl methyl sites for hydroxylation is 1. The van der Waals surface area contributed by atoms with Crippen molar-refractivity contribution in [2.24, 2.45) is 0 Å². The first-order valence-electron chi connectivity index (χ1n) is 9.94. The lowest BCUT2D eigenvalue weighted by atomic mass is 10.0. The molecule has 1 heterocycles. The summed E-state index contributed by atoms with van der Waals surface area (Å²) in [5, 5.41) is 12.6. The zero-order valence-corrected chi connectivity index (χ0v) is 16.6. The summed E-state index contributed by atoms with van der Waals surface area (Å²) in [5.74, 6) is -1.64. The zero-order valence-electron chi connectivity index (χ0n) is 16.6. The number of hydrogen-bond acceptors (Lipinski definition) is 5. The number of aliphatic carboxylic acids is 1. The average Bonchev–Trinajstić information content (AvgIpc) is 2.86. The van der Waals surface area contributed by atoms with E-state index in [0.29, 0.717) is 25.8 Å². The van der Waals surface area contributed by atoms with Crippen molar-refractivity contribution >= 4 is 17.8 Å². The molecule has 0 aromatic heterocycles. The van der Waals surface area contributed by atoms with E-state index in [1.807, 2.05) is 30.3 Å². The van der Waals surface area contributed by atoms with Crippen LogP contribution in [0, 0.1) is 0 Å². The third-order valence-electron chi connectivity index (χ3n) is 5.08. The van der Waals surface area contributed by atoms with Gasteiger partial charge in [0.25, 0.3) is 0 Å². The SMILES string of the molecule is CCOC(=O)C(C)N1CCCC[C@H](NC(CCc2ccccc2)C(=O)O)C1=O. The van der Waals surface area contributed by atoms with Gasteiger partial charge in [0.1, 0.15) is 12.1 Å². The molecule has 154 valence electrons. The van der Waals surface area contributed by atoms with Gasteiger partial charge in [-0.2, -0.15) is 0 Å². The highest BCUT2D eigenvalue weighted by atomic mass is 16.5. The topological polar surface area (TPSA) is 95.9 Å². The van der Waals surface area contributed by atoms with Gasteiger partial charge in [0.15, 0.2) is 0 Å². The molecule has 7 nitrogen and oxygen atoms in total. The van der Waals surface area contributed by atoms with Gasteiger partial charge in [-0.15, -0.1) is 0 Å². The number of nitrogens with one attached hydrogen (secondary N) is 1. The van der Waals surface area contributed by atoms with Crippen molar-refractivity contribution in [3.05, 3.63) is 35.9 Å². The minimum atomic E-state index is -0.974. The van der Waals surface area contributed by atoms with Gasteiger partial charge in [0.2, 0.25) is 5.91 Å². The third-order valence-corrected chi connectivity index (χ3v) is 5.08. The first-order chi connectivity index (χ1) is 13.4. The van der Waals surface area contributed by atoms with Crippen LogP contribution in [0.2, 0.25) is 0 Å². The first-order valence-corrected chi connectivity index (χ1v) is 9.94. The van der Waals surface area contributed by atoms with Gasteiger partial charge >= 0.3 is 11.9 Å². The Bertz CT molecular complexity index is 664. The second kappa shape index (κ2) is 10.8. The van der Waals surface area contributed by atoms with Gasteiger partial charge in [-0.1, -0.05) is 30.3 Å². The number of amides is 1. The fourth-order valence-electron chi connectivity index (χ4n) is 3.47. The summed E-state index contributed by atoms with van der Waals surface area (Å²) in [6, 6.07) is 7.55. The Morgan fingerprint density at radius 1 is 1.29 bits per heavy atom. The van der Waals surface area contributed by atoms with Crippen molar-refractivity contribution in [2.75, 3.05) is 13.2 Å². The summed E-state index contributed by atoms with van der Waals surface area (Å²) < 4.78 is 5.04. The van der Waals surface area contributed by atoms with Gasteiger partial charge < -0.3 is 14.7 Å². The minimum Gasteiger partial charge on any atom is -0.480 e. The van der Waals surface area contributed by atoms with Crippen LogP contribution in [-0.4, -0.2) is 59.1 Å². The van der Waals surface area contributed by atoms with Gasteiger partial charge in [-0.25, -0.2) is 4.79 Å². The van der Waals surface area contributed by atoms with Gasteiger partial charge in [0.05, 0.1) is 12.6 Å². The summed E-state index contributed by atoms with van der Waals surface area (Å²) in [5.41, 5.74) is 1.06. The molecule has 2 rings (SSSR count). The van der Waals surface area contributed by atoms with E-state index in [1.165, 1.54) is 4.90 Å². The molecule has 1 aromatic rings. The van der Waals surface area contributed by atoms with Crippen LogP contribution >= 0.6 is 0 Å². The van der Waals surface area contributed by atoms with E-state index in [1.54, 1.807) is 13.8 Å². The van der Waals surface area contributed by atoms with Crippen LogP contribution < -0.4 is 5.32 Å². The molecule has 2 unspecified atom stereocenters. The Kier molecular flexibility index (Phi) is 8.44. The van der Waals surface area contributed by atoms with E-state index in [-0.39, 0.29) is 12.5 Å². The van der Waals surface area contributed by atoms with Crippen molar-refractivity contribution in [2.45, 2.75) is 64.1 Å². The molecule has 1 aromatic carbocycles. The fraction of sp³-hybridized carbons (Fsp3) is 0.571. The number of carbonyl (C=O) groups excluding carboxylic acids is 2. The lowest BCUT2D eigenvalue weighted by Crippen LogP contribution is -2.54. The molecule has 1 amide bonds. The second-order valence-electron chi connectivity index (χ2n) is 7.09. The maximum absolute atomic E-state index is 13.0. The lowest BCUT2D eigenvalue weighted by molar-refractivity contribution is -0.154. The lowest BCUT2D eigenvalue weighted by Gasteiger charge is -2.30. The zero-order chi connectivity index (χ0) is 20.5. The number of carbonyl (C=O) groups is 3. The molecule has 7 heteroatoms. The van der Waals surface area contributed by atoms with Gasteiger partial charge in [-0.05, 0) is 51.5 Å². The molecule has 2 N–H and O–H groups in total. The van der Waals surface area contributed by atoms with E-state index < -0.39 is 30.1 Å². The van der Waals surface area contributed by atoms with E-state index in [2.05, 4.69) is 5.32 Å². The van der Waals surface area contributed by atoms with Crippen LogP contribution in [0.1, 0.15) is 45.1 Å². The number of nitrogens with zero attached hydrogens (tertiary/aromatic N) is 1. The number of ether oxygens (including phenoxy) is 1. The number of carboxylic acid groups (broad SMARTS) is 1. The fourth-order valence-corrected chi connectivity index (χ4v) is 3.47. The van der Waals surface area contributed by atoms with Crippen LogP contribution in [0.25, 0.3) is 0 Å². The molecule has 0 radical (unpaired) electrons. The molecule has 1 fully saturated rings. The Morgan fingerprint density at radius 3 is 2.64 bits per heavy atom. The predicted octanol–water partition coefficient (Wildman–Crippen LogP) is 1.99. The monoisotopic (exact) mass is 390 g/mol. The van der Waals surface area contributed by atoms with Gasteiger partial charge in [-0.3, -0.25) is 14.9 Å². The average molecular weight is 390 g/mol. The second-order valence-corrected chi connectivity index (χ2v) is 7.09. The molecular formula is C21H30N2O5. The Hall–Kier alpha value is -2.41. The maximum Gasteiger partial charge on any atom is 0.328 e. The summed E-state index contributed by atoms with van der Waals surface area (Å²) >= 11 is 0. The highest BCUT2D eigenvalue weighted by molar-refractivity contribution is 5.88. The Balaban J connectivity index is 2.04. The standard InChI is InChI=1S/C21H30N2O5/c1-3-28-21(27)15(2)23-14-8-7-11-17(19(23)24)22-18(20(25)26)13-12-16-9-5-4-6-10-16/h4-6,9-10,15,17-18,22H,3,7-8,11-14H2,1-2H3,(H,25,26)/t15?,17-,18?/m0/s1. The molecule has 3 atom stereocenters. The largest absolute Gasteiger partial charge is 0.480 e. The number of rotatable bonds is 9. The highest BCUT2D eigenvalue weighted by Gasteiger charge is 2.35. The van der Waals surface area contributed by atoms with Crippen molar-refractivity contribution in [3.8, 4) is 0 Å². The van der Waals surface area contributed by atoms with Crippen molar-refractivity contribution in [3.63, 3.8) is 0 Å². The molecule has 0 aliphatic carbocycles. The molecule has 28 heavy (non-hydrogen) atoms. The first kappa shape index (κ1) is 21.9. The summed E-state index contributed by atoms with van der Waals surface area (Å²) in [7, 11) is 0. The summed E-state index contributed by atoms with van der Waals surface area (Å²) in [4.78, 5) is 38.3. The molecular weight excluding hydrogens is 360 g/mol. The third kappa shape index (κ3) is 6.05. The molecule has 0 bridgehead atoms. The Labute approximate surface area is 166 Å². The molecule has 1 aliphatic heterocycles. The van der Waals surface area contributed by atoms with Gasteiger partial charge in [0, 0.05) is 6.54 Å². The molecule has 0 saturated carbocycles. The number of hydrogen-bond donors (Lipinski definition) is 2. The molecule has 1 aliphatic rings. The van der Waals surface area contributed by atoms with Crippen LogP contribution in [0.4, 0.5) is 0 Å². The van der Waals surface area contributed by atoms with Crippen LogP contribution in [0.15, 0.2) is 30.3 Å². The minimum absolute atomic E-state index is 0.232. The summed E-state index contributed by atoms with van der Waals surface area (Å²) in [6.07, 6.45) is 3.11. The number of benzene rings is 1. The number of esters is 1.